The van der Waals surface area contributed by atoms with Crippen molar-refractivity contribution >= 4 is 35.0 Å². The topological polar surface area (TPSA) is 25.8 Å². The summed E-state index contributed by atoms with van der Waals surface area (Å²) in [5.74, 6) is 0. The molecule has 0 amide bonds. The first-order valence-electron chi connectivity index (χ1n) is 4.58. The molecule has 2 rings (SSSR count). The largest absolute Gasteiger partial charge is 0.226 e. The molecule has 0 saturated heterocycles. The second-order valence-corrected chi connectivity index (χ2v) is 5.02. The SMILES string of the molecule is Cc1cnc(Cl)nc1Sc1ccc(Cl)cc1. The van der Waals surface area contributed by atoms with Crippen LogP contribution in [0.3, 0.4) is 0 Å². The molecule has 0 radical (unpaired) electrons. The third-order valence-corrected chi connectivity index (χ3v) is 3.47. The van der Waals surface area contributed by atoms with Gasteiger partial charge in [-0.25, -0.2) is 9.97 Å². The van der Waals surface area contributed by atoms with E-state index in [0.717, 1.165) is 20.5 Å². The Balaban J connectivity index is 2.26. The Morgan fingerprint density at radius 1 is 1.12 bits per heavy atom. The van der Waals surface area contributed by atoms with Crippen LogP contribution in [-0.2, 0) is 0 Å². The summed E-state index contributed by atoms with van der Waals surface area (Å²) < 4.78 is 0. The van der Waals surface area contributed by atoms with E-state index in [0.29, 0.717) is 0 Å². The lowest BCUT2D eigenvalue weighted by molar-refractivity contribution is 1.00. The summed E-state index contributed by atoms with van der Waals surface area (Å²) in [7, 11) is 0. The van der Waals surface area contributed by atoms with Gasteiger partial charge in [-0.3, -0.25) is 0 Å². The molecule has 5 heteroatoms. The van der Waals surface area contributed by atoms with Gasteiger partial charge < -0.3 is 0 Å². The summed E-state index contributed by atoms with van der Waals surface area (Å²) >= 11 is 13.1. The molecule has 16 heavy (non-hydrogen) atoms. The van der Waals surface area contributed by atoms with Crippen LogP contribution in [0, 0.1) is 6.92 Å². The van der Waals surface area contributed by atoms with Crippen molar-refractivity contribution < 1.29 is 0 Å². The first-order valence-corrected chi connectivity index (χ1v) is 6.15. The first-order chi connectivity index (χ1) is 7.65. The van der Waals surface area contributed by atoms with Crippen LogP contribution in [0.2, 0.25) is 10.3 Å². The fourth-order valence-corrected chi connectivity index (χ4v) is 2.27. The highest BCUT2D eigenvalue weighted by Crippen LogP contribution is 2.29. The van der Waals surface area contributed by atoms with Gasteiger partial charge in [0.05, 0.1) is 0 Å². The highest BCUT2D eigenvalue weighted by atomic mass is 35.5. The normalized spacial score (nSPS) is 10.4. The van der Waals surface area contributed by atoms with Crippen molar-refractivity contribution in [2.45, 2.75) is 16.8 Å². The van der Waals surface area contributed by atoms with E-state index in [4.69, 9.17) is 23.2 Å². The van der Waals surface area contributed by atoms with Gasteiger partial charge >= 0.3 is 0 Å². The number of aromatic nitrogens is 2. The zero-order chi connectivity index (χ0) is 11.5. The smallest absolute Gasteiger partial charge is 0.223 e. The molecule has 2 aromatic rings. The zero-order valence-electron chi connectivity index (χ0n) is 8.45. The number of nitrogens with zero attached hydrogens (tertiary/aromatic N) is 2. The number of halogens is 2. The molecule has 0 aliphatic carbocycles. The summed E-state index contributed by atoms with van der Waals surface area (Å²) in [4.78, 5) is 9.16. The third kappa shape index (κ3) is 2.88. The predicted molar refractivity (Wildman–Crippen MR) is 67.4 cm³/mol. The molecule has 0 aliphatic heterocycles. The number of hydrogen-bond donors (Lipinski definition) is 0. The van der Waals surface area contributed by atoms with E-state index in [-0.39, 0.29) is 5.28 Å². The van der Waals surface area contributed by atoms with E-state index in [1.165, 1.54) is 0 Å². The number of hydrogen-bond acceptors (Lipinski definition) is 3. The molecule has 0 N–H and O–H groups in total. The quantitative estimate of drug-likeness (QED) is 0.603. The Labute approximate surface area is 108 Å². The van der Waals surface area contributed by atoms with Crippen LogP contribution in [0.25, 0.3) is 0 Å². The number of benzene rings is 1. The molecular formula is C11H8Cl2N2S. The molecule has 0 unspecified atom stereocenters. The minimum atomic E-state index is 0.266. The van der Waals surface area contributed by atoms with Crippen molar-refractivity contribution in [2.75, 3.05) is 0 Å². The van der Waals surface area contributed by atoms with E-state index in [9.17, 15) is 0 Å². The summed E-state index contributed by atoms with van der Waals surface area (Å²) in [5.41, 5.74) is 1.00. The van der Waals surface area contributed by atoms with Crippen LogP contribution in [-0.4, -0.2) is 9.97 Å². The van der Waals surface area contributed by atoms with Gasteiger partial charge in [0.1, 0.15) is 5.03 Å². The van der Waals surface area contributed by atoms with E-state index >= 15 is 0 Å². The molecule has 0 fully saturated rings. The van der Waals surface area contributed by atoms with E-state index in [1.54, 1.807) is 18.0 Å². The second kappa shape index (κ2) is 5.04. The van der Waals surface area contributed by atoms with Crippen molar-refractivity contribution in [2.24, 2.45) is 0 Å². The van der Waals surface area contributed by atoms with Crippen molar-refractivity contribution in [1.29, 1.82) is 0 Å². The van der Waals surface area contributed by atoms with E-state index < -0.39 is 0 Å². The second-order valence-electron chi connectivity index (χ2n) is 3.18. The lowest BCUT2D eigenvalue weighted by Crippen LogP contribution is -1.89. The molecule has 1 aromatic heterocycles. The molecule has 0 atom stereocenters. The van der Waals surface area contributed by atoms with Crippen molar-refractivity contribution in [1.82, 2.24) is 9.97 Å². The average Bonchev–Trinajstić information content (AvgIpc) is 2.27. The minimum Gasteiger partial charge on any atom is -0.226 e. The maximum absolute atomic E-state index is 5.82. The molecule has 1 aromatic carbocycles. The van der Waals surface area contributed by atoms with E-state index in [1.807, 2.05) is 31.2 Å². The summed E-state index contributed by atoms with van der Waals surface area (Å²) in [6, 6.07) is 7.59. The zero-order valence-corrected chi connectivity index (χ0v) is 10.8. The molecule has 0 spiro atoms. The van der Waals surface area contributed by atoms with Crippen molar-refractivity contribution in [3.05, 3.63) is 46.3 Å². The van der Waals surface area contributed by atoms with Gasteiger partial charge in [-0.1, -0.05) is 23.4 Å². The molecule has 2 nitrogen and oxygen atoms in total. The van der Waals surface area contributed by atoms with Crippen LogP contribution < -0.4 is 0 Å². The Hall–Kier alpha value is -0.770. The Bertz CT molecular complexity index is 500. The van der Waals surface area contributed by atoms with Crippen LogP contribution in [0.4, 0.5) is 0 Å². The Kier molecular flexibility index (Phi) is 3.69. The van der Waals surface area contributed by atoms with Crippen molar-refractivity contribution in [3.8, 4) is 0 Å². The number of rotatable bonds is 2. The third-order valence-electron chi connectivity index (χ3n) is 1.92. The highest BCUT2D eigenvalue weighted by molar-refractivity contribution is 7.99. The highest BCUT2D eigenvalue weighted by Gasteiger charge is 2.04. The first kappa shape index (κ1) is 11.7. The van der Waals surface area contributed by atoms with Gasteiger partial charge in [0.15, 0.2) is 0 Å². The maximum atomic E-state index is 5.82. The molecule has 0 saturated carbocycles. The monoisotopic (exact) mass is 270 g/mol. The van der Waals surface area contributed by atoms with Gasteiger partial charge in [-0.05, 0) is 42.8 Å². The van der Waals surface area contributed by atoms with E-state index in [2.05, 4.69) is 9.97 Å². The molecular weight excluding hydrogens is 263 g/mol. The molecule has 0 bridgehead atoms. The summed E-state index contributed by atoms with van der Waals surface area (Å²) in [6.45, 7) is 1.95. The van der Waals surface area contributed by atoms with Gasteiger partial charge in [0.25, 0.3) is 0 Å². The number of aryl methyl sites for hydroxylation is 1. The molecule has 82 valence electrons. The fourth-order valence-electron chi connectivity index (χ4n) is 1.12. The van der Waals surface area contributed by atoms with Gasteiger partial charge in [0, 0.05) is 21.7 Å². The Morgan fingerprint density at radius 3 is 2.50 bits per heavy atom. The minimum absolute atomic E-state index is 0.266. The summed E-state index contributed by atoms with van der Waals surface area (Å²) in [6.07, 6.45) is 1.72. The Morgan fingerprint density at radius 2 is 1.81 bits per heavy atom. The average molecular weight is 271 g/mol. The standard InChI is InChI=1S/C11H8Cl2N2S/c1-7-6-14-11(13)15-10(7)16-9-4-2-8(12)3-5-9/h2-6H,1H3. The summed E-state index contributed by atoms with van der Waals surface area (Å²) in [5, 5.41) is 1.85. The maximum Gasteiger partial charge on any atom is 0.223 e. The molecule has 1 heterocycles. The molecule has 0 aliphatic rings. The lowest BCUT2D eigenvalue weighted by atomic mass is 10.4. The van der Waals surface area contributed by atoms with Crippen LogP contribution in [0.15, 0.2) is 40.4 Å². The van der Waals surface area contributed by atoms with Crippen LogP contribution in [0.5, 0.6) is 0 Å². The van der Waals surface area contributed by atoms with Crippen LogP contribution in [0.1, 0.15) is 5.56 Å². The lowest BCUT2D eigenvalue weighted by Gasteiger charge is -2.04. The fraction of sp³-hybridized carbons (Fsp3) is 0.0909. The van der Waals surface area contributed by atoms with Gasteiger partial charge in [-0.2, -0.15) is 0 Å². The van der Waals surface area contributed by atoms with Gasteiger partial charge in [-0.15, -0.1) is 0 Å². The predicted octanol–water partition coefficient (Wildman–Crippen LogP) is 4.24. The van der Waals surface area contributed by atoms with Crippen molar-refractivity contribution in [3.63, 3.8) is 0 Å². The van der Waals surface area contributed by atoms with Crippen LogP contribution >= 0.6 is 35.0 Å². The van der Waals surface area contributed by atoms with Gasteiger partial charge in [0.2, 0.25) is 5.28 Å².